The van der Waals surface area contributed by atoms with Gasteiger partial charge in [-0.2, -0.15) is 0 Å². The van der Waals surface area contributed by atoms with Gasteiger partial charge in [-0.25, -0.2) is 23.1 Å². The highest BCUT2D eigenvalue weighted by Crippen LogP contribution is 2.45. The molecule has 33 heavy (non-hydrogen) atoms. The Hall–Kier alpha value is -3.66. The van der Waals surface area contributed by atoms with Crippen molar-refractivity contribution in [2.75, 3.05) is 11.9 Å². The molecule has 5 rings (SSSR count). The average Bonchev–Trinajstić information content (AvgIpc) is 3.07. The van der Waals surface area contributed by atoms with Crippen molar-refractivity contribution >= 4 is 32.7 Å². The third-order valence-corrected chi connectivity index (χ3v) is 7.27. The first kappa shape index (κ1) is 21.2. The smallest absolute Gasteiger partial charge is 0.268 e. The fourth-order valence-corrected chi connectivity index (χ4v) is 4.87. The van der Waals surface area contributed by atoms with Gasteiger partial charge in [0.1, 0.15) is 0 Å². The number of fused-ring (bicyclic) bond motifs is 2. The standard InChI is InChI=1S/C24H20N4O4S/c1-25-33(31,32)19-10-8-18(9-11-19)24(30)20-6-2-3-7-21(20)28(23(24)29)15-16-13-17-5-4-12-26-22(17)27-14-16/h2-14,25,30H,15H2,1H3. The van der Waals surface area contributed by atoms with E-state index in [0.29, 0.717) is 22.5 Å². The Bertz CT molecular complexity index is 1490. The van der Waals surface area contributed by atoms with Crippen molar-refractivity contribution < 1.29 is 18.3 Å². The zero-order chi connectivity index (χ0) is 23.2. The van der Waals surface area contributed by atoms with Crippen LogP contribution in [0.1, 0.15) is 16.7 Å². The van der Waals surface area contributed by atoms with E-state index in [1.54, 1.807) is 36.7 Å². The van der Waals surface area contributed by atoms with E-state index in [1.807, 2.05) is 18.2 Å². The number of aromatic nitrogens is 2. The third kappa shape index (κ3) is 3.37. The van der Waals surface area contributed by atoms with E-state index in [2.05, 4.69) is 14.7 Å². The molecular weight excluding hydrogens is 440 g/mol. The number of pyridine rings is 2. The van der Waals surface area contributed by atoms with Crippen LogP contribution in [0.4, 0.5) is 5.69 Å². The Morgan fingerprint density at radius 2 is 1.79 bits per heavy atom. The predicted octanol–water partition coefficient (Wildman–Crippen LogP) is 2.32. The molecule has 1 aliphatic rings. The number of hydrogen-bond donors (Lipinski definition) is 2. The maximum absolute atomic E-state index is 13.6. The topological polar surface area (TPSA) is 112 Å². The number of carbonyl (C=O) groups excluding carboxylic acids is 1. The summed E-state index contributed by atoms with van der Waals surface area (Å²) in [5.41, 5.74) is 0.779. The summed E-state index contributed by atoms with van der Waals surface area (Å²) in [6, 6.07) is 18.3. The number of anilines is 1. The van der Waals surface area contributed by atoms with Crippen LogP contribution < -0.4 is 9.62 Å². The lowest BCUT2D eigenvalue weighted by molar-refractivity contribution is -0.132. The van der Waals surface area contributed by atoms with E-state index >= 15 is 0 Å². The number of amides is 1. The Labute approximate surface area is 190 Å². The molecule has 2 aromatic carbocycles. The molecule has 2 aromatic heterocycles. The fraction of sp³-hybridized carbons (Fsp3) is 0.125. The normalized spacial score (nSPS) is 18.0. The molecule has 8 nitrogen and oxygen atoms in total. The molecule has 3 heterocycles. The molecule has 0 saturated carbocycles. The summed E-state index contributed by atoms with van der Waals surface area (Å²) in [6.07, 6.45) is 3.34. The van der Waals surface area contributed by atoms with E-state index in [4.69, 9.17) is 0 Å². The van der Waals surface area contributed by atoms with Gasteiger partial charge in [-0.1, -0.05) is 30.3 Å². The van der Waals surface area contributed by atoms with Crippen LogP contribution in [0.15, 0.2) is 84.0 Å². The van der Waals surface area contributed by atoms with Gasteiger partial charge in [-0.05, 0) is 54.6 Å². The van der Waals surface area contributed by atoms with Crippen LogP contribution in [0, 0.1) is 0 Å². The Kier molecular flexibility index (Phi) is 4.97. The number of aliphatic hydroxyl groups is 1. The summed E-state index contributed by atoms with van der Waals surface area (Å²) in [6.45, 7) is 0.211. The molecule has 1 aliphatic heterocycles. The lowest BCUT2D eigenvalue weighted by atomic mass is 9.87. The summed E-state index contributed by atoms with van der Waals surface area (Å²) in [5.74, 6) is -0.515. The van der Waals surface area contributed by atoms with Crippen molar-refractivity contribution in [2.45, 2.75) is 17.0 Å². The van der Waals surface area contributed by atoms with E-state index in [-0.39, 0.29) is 11.4 Å². The van der Waals surface area contributed by atoms with Crippen molar-refractivity contribution in [2.24, 2.45) is 0 Å². The van der Waals surface area contributed by atoms with Gasteiger partial charge in [0, 0.05) is 23.3 Å². The van der Waals surface area contributed by atoms with Crippen LogP contribution in [0.25, 0.3) is 11.0 Å². The molecule has 166 valence electrons. The molecule has 0 fully saturated rings. The lowest BCUT2D eigenvalue weighted by Crippen LogP contribution is -2.41. The number of rotatable bonds is 5. The first-order chi connectivity index (χ1) is 15.8. The zero-order valence-corrected chi connectivity index (χ0v) is 18.5. The Morgan fingerprint density at radius 1 is 1.03 bits per heavy atom. The van der Waals surface area contributed by atoms with Crippen molar-refractivity contribution in [3.05, 3.63) is 95.8 Å². The summed E-state index contributed by atoms with van der Waals surface area (Å²) in [4.78, 5) is 23.8. The number of nitrogens with zero attached hydrogens (tertiary/aromatic N) is 3. The lowest BCUT2D eigenvalue weighted by Gasteiger charge is -2.24. The van der Waals surface area contributed by atoms with Crippen LogP contribution in [0.2, 0.25) is 0 Å². The van der Waals surface area contributed by atoms with Gasteiger partial charge >= 0.3 is 0 Å². The second-order valence-electron chi connectivity index (χ2n) is 7.74. The summed E-state index contributed by atoms with van der Waals surface area (Å²) in [5, 5.41) is 12.5. The quantitative estimate of drug-likeness (QED) is 0.473. The molecule has 0 bridgehead atoms. The van der Waals surface area contributed by atoms with Gasteiger partial charge in [0.25, 0.3) is 5.91 Å². The van der Waals surface area contributed by atoms with Gasteiger partial charge in [-0.15, -0.1) is 0 Å². The van der Waals surface area contributed by atoms with E-state index in [1.165, 1.54) is 36.2 Å². The summed E-state index contributed by atoms with van der Waals surface area (Å²) in [7, 11) is -2.32. The first-order valence-electron chi connectivity index (χ1n) is 10.2. The number of sulfonamides is 1. The van der Waals surface area contributed by atoms with Crippen LogP contribution >= 0.6 is 0 Å². The third-order valence-electron chi connectivity index (χ3n) is 5.84. The van der Waals surface area contributed by atoms with Gasteiger partial charge in [0.05, 0.1) is 17.1 Å². The number of para-hydroxylation sites is 1. The SMILES string of the molecule is CNS(=O)(=O)c1ccc(C2(O)C(=O)N(Cc3cnc4ncccc4c3)c3ccccc32)cc1. The largest absolute Gasteiger partial charge is 0.372 e. The number of benzene rings is 2. The van der Waals surface area contributed by atoms with Crippen LogP contribution in [0.5, 0.6) is 0 Å². The maximum Gasteiger partial charge on any atom is 0.268 e. The molecule has 2 N–H and O–H groups in total. The van der Waals surface area contributed by atoms with Crippen molar-refractivity contribution in [1.82, 2.24) is 14.7 Å². The highest BCUT2D eigenvalue weighted by atomic mass is 32.2. The molecule has 4 aromatic rings. The van der Waals surface area contributed by atoms with Crippen molar-refractivity contribution in [3.8, 4) is 0 Å². The second kappa shape index (κ2) is 7.73. The maximum atomic E-state index is 13.6. The number of nitrogens with one attached hydrogen (secondary N) is 1. The van der Waals surface area contributed by atoms with Gasteiger partial charge < -0.3 is 10.0 Å². The molecule has 0 saturated heterocycles. The Morgan fingerprint density at radius 3 is 2.55 bits per heavy atom. The van der Waals surface area contributed by atoms with E-state index in [9.17, 15) is 18.3 Å². The molecule has 0 aliphatic carbocycles. The molecule has 0 radical (unpaired) electrons. The van der Waals surface area contributed by atoms with Crippen LogP contribution in [-0.4, -0.2) is 36.4 Å². The monoisotopic (exact) mass is 460 g/mol. The summed E-state index contributed by atoms with van der Waals surface area (Å²) >= 11 is 0. The van der Waals surface area contributed by atoms with Gasteiger partial charge in [0.2, 0.25) is 10.0 Å². The van der Waals surface area contributed by atoms with E-state index in [0.717, 1.165) is 10.9 Å². The zero-order valence-electron chi connectivity index (χ0n) is 17.6. The van der Waals surface area contributed by atoms with Crippen molar-refractivity contribution in [3.63, 3.8) is 0 Å². The molecule has 1 amide bonds. The molecule has 0 spiro atoms. The average molecular weight is 461 g/mol. The van der Waals surface area contributed by atoms with Crippen LogP contribution in [-0.2, 0) is 27.0 Å². The minimum Gasteiger partial charge on any atom is -0.372 e. The number of hydrogen-bond acceptors (Lipinski definition) is 6. The highest BCUT2D eigenvalue weighted by molar-refractivity contribution is 7.89. The Balaban J connectivity index is 1.55. The minimum atomic E-state index is -3.64. The molecular formula is C24H20N4O4S. The highest BCUT2D eigenvalue weighted by Gasteiger charge is 2.50. The molecule has 1 atom stereocenters. The second-order valence-corrected chi connectivity index (χ2v) is 9.63. The van der Waals surface area contributed by atoms with E-state index < -0.39 is 21.5 Å². The molecule has 1 unspecified atom stereocenters. The van der Waals surface area contributed by atoms with Gasteiger partial charge in [-0.3, -0.25) is 4.79 Å². The first-order valence-corrected chi connectivity index (χ1v) is 11.7. The summed E-state index contributed by atoms with van der Waals surface area (Å²) < 4.78 is 26.4. The predicted molar refractivity (Wildman–Crippen MR) is 123 cm³/mol. The molecule has 9 heteroatoms. The van der Waals surface area contributed by atoms with Gasteiger partial charge in [0.15, 0.2) is 11.2 Å². The number of carbonyl (C=O) groups is 1. The van der Waals surface area contributed by atoms with Crippen molar-refractivity contribution in [1.29, 1.82) is 0 Å². The fourth-order valence-electron chi connectivity index (χ4n) is 4.14. The minimum absolute atomic E-state index is 0.0452. The van der Waals surface area contributed by atoms with Crippen LogP contribution in [0.3, 0.4) is 0 Å².